The lowest BCUT2D eigenvalue weighted by molar-refractivity contribution is 0.568. The van der Waals surface area contributed by atoms with E-state index in [1.807, 2.05) is 19.1 Å². The van der Waals surface area contributed by atoms with Crippen LogP contribution >= 0.6 is 15.9 Å². The molecule has 1 aromatic heterocycles. The van der Waals surface area contributed by atoms with Crippen molar-refractivity contribution in [3.8, 4) is 5.69 Å². The molecule has 0 atom stereocenters. The Hall–Kier alpha value is -1.56. The number of nitrogen functional groups attached to an aromatic ring is 1. The highest BCUT2D eigenvalue weighted by molar-refractivity contribution is 9.10. The van der Waals surface area contributed by atoms with Crippen molar-refractivity contribution in [2.24, 2.45) is 0 Å². The molecule has 1 saturated heterocycles. The van der Waals surface area contributed by atoms with Crippen LogP contribution in [0, 0.1) is 6.92 Å². The molecule has 0 saturated carbocycles. The highest BCUT2D eigenvalue weighted by Gasteiger charge is 2.18. The number of anilines is 2. The van der Waals surface area contributed by atoms with Crippen molar-refractivity contribution in [2.45, 2.75) is 26.2 Å². The van der Waals surface area contributed by atoms with Gasteiger partial charge in [-0.2, -0.15) is 9.67 Å². The maximum absolute atomic E-state index is 6.04. The Morgan fingerprint density at radius 1 is 1.20 bits per heavy atom. The molecule has 2 aromatic rings. The molecule has 106 valence electrons. The summed E-state index contributed by atoms with van der Waals surface area (Å²) in [7, 11) is 0. The van der Waals surface area contributed by atoms with Crippen LogP contribution in [0.15, 0.2) is 22.7 Å². The van der Waals surface area contributed by atoms with Gasteiger partial charge in [0.2, 0.25) is 11.9 Å². The van der Waals surface area contributed by atoms with Crippen LogP contribution in [0.1, 0.15) is 24.8 Å². The number of benzene rings is 1. The van der Waals surface area contributed by atoms with E-state index in [1.54, 1.807) is 4.68 Å². The molecule has 0 amide bonds. The normalized spacial score (nSPS) is 15.6. The Balaban J connectivity index is 1.95. The molecule has 2 N–H and O–H groups in total. The van der Waals surface area contributed by atoms with Crippen LogP contribution in [0.5, 0.6) is 0 Å². The molecule has 1 aliphatic rings. The number of aryl methyl sites for hydroxylation is 1. The van der Waals surface area contributed by atoms with Crippen LogP contribution < -0.4 is 10.6 Å². The summed E-state index contributed by atoms with van der Waals surface area (Å²) < 4.78 is 2.78. The van der Waals surface area contributed by atoms with Gasteiger partial charge in [-0.1, -0.05) is 15.9 Å². The van der Waals surface area contributed by atoms with E-state index in [0.717, 1.165) is 34.8 Å². The van der Waals surface area contributed by atoms with E-state index in [0.29, 0.717) is 5.95 Å². The van der Waals surface area contributed by atoms with Crippen LogP contribution in [0.2, 0.25) is 0 Å². The number of piperidine rings is 1. The van der Waals surface area contributed by atoms with E-state index in [9.17, 15) is 0 Å². The Kier molecular flexibility index (Phi) is 3.65. The van der Waals surface area contributed by atoms with Crippen LogP contribution in [-0.4, -0.2) is 27.9 Å². The summed E-state index contributed by atoms with van der Waals surface area (Å²) in [5, 5.41) is 4.59. The Morgan fingerprint density at radius 2 is 1.95 bits per heavy atom. The van der Waals surface area contributed by atoms with Crippen LogP contribution in [-0.2, 0) is 0 Å². The quantitative estimate of drug-likeness (QED) is 0.916. The maximum Gasteiger partial charge on any atom is 0.246 e. The van der Waals surface area contributed by atoms with Crippen LogP contribution in [0.4, 0.5) is 11.9 Å². The first-order chi connectivity index (χ1) is 9.65. The molecule has 1 aliphatic heterocycles. The fraction of sp³-hybridized carbons (Fsp3) is 0.429. The summed E-state index contributed by atoms with van der Waals surface area (Å²) in [5.74, 6) is 1.18. The van der Waals surface area contributed by atoms with Crippen molar-refractivity contribution in [3.05, 3.63) is 28.2 Å². The molecular formula is C14H18BrN5. The van der Waals surface area contributed by atoms with Gasteiger partial charge in [-0.3, -0.25) is 0 Å². The second kappa shape index (κ2) is 5.44. The highest BCUT2D eigenvalue weighted by Crippen LogP contribution is 2.23. The average molecular weight is 336 g/mol. The van der Waals surface area contributed by atoms with E-state index in [2.05, 4.69) is 37.0 Å². The van der Waals surface area contributed by atoms with Crippen molar-refractivity contribution in [3.63, 3.8) is 0 Å². The van der Waals surface area contributed by atoms with Gasteiger partial charge < -0.3 is 10.6 Å². The van der Waals surface area contributed by atoms with Crippen molar-refractivity contribution in [1.82, 2.24) is 14.8 Å². The van der Waals surface area contributed by atoms with Gasteiger partial charge in [0.05, 0.1) is 5.69 Å². The first-order valence-corrected chi connectivity index (χ1v) is 7.68. The molecule has 1 fully saturated rings. The fourth-order valence-corrected chi connectivity index (χ4v) is 3.05. The fourth-order valence-electron chi connectivity index (χ4n) is 2.57. The van der Waals surface area contributed by atoms with Gasteiger partial charge in [-0.05, 0) is 49.9 Å². The third-order valence-corrected chi connectivity index (χ3v) is 4.14. The van der Waals surface area contributed by atoms with Gasteiger partial charge >= 0.3 is 0 Å². The molecule has 0 spiro atoms. The van der Waals surface area contributed by atoms with Crippen molar-refractivity contribution < 1.29 is 0 Å². The van der Waals surface area contributed by atoms with Gasteiger partial charge in [0.25, 0.3) is 0 Å². The topological polar surface area (TPSA) is 60.0 Å². The average Bonchev–Trinajstić information content (AvgIpc) is 2.82. The lowest BCUT2D eigenvalue weighted by Crippen LogP contribution is -2.30. The number of hydrogen-bond acceptors (Lipinski definition) is 4. The first kappa shape index (κ1) is 13.4. The minimum Gasteiger partial charge on any atom is -0.368 e. The van der Waals surface area contributed by atoms with E-state index in [1.165, 1.54) is 19.3 Å². The van der Waals surface area contributed by atoms with Gasteiger partial charge in [-0.25, -0.2) is 0 Å². The molecule has 20 heavy (non-hydrogen) atoms. The predicted molar refractivity (Wildman–Crippen MR) is 84.3 cm³/mol. The lowest BCUT2D eigenvalue weighted by Gasteiger charge is -2.24. The number of aromatic nitrogens is 3. The molecule has 6 heteroatoms. The van der Waals surface area contributed by atoms with Gasteiger partial charge in [0.1, 0.15) is 0 Å². The van der Waals surface area contributed by atoms with Crippen molar-refractivity contribution in [2.75, 3.05) is 23.7 Å². The molecule has 2 heterocycles. The van der Waals surface area contributed by atoms with E-state index in [-0.39, 0.29) is 0 Å². The van der Waals surface area contributed by atoms with Gasteiger partial charge in [0, 0.05) is 17.6 Å². The van der Waals surface area contributed by atoms with Crippen molar-refractivity contribution in [1.29, 1.82) is 0 Å². The number of hydrogen-bond donors (Lipinski definition) is 1. The Labute approximate surface area is 126 Å². The minimum absolute atomic E-state index is 0.441. The first-order valence-electron chi connectivity index (χ1n) is 6.89. The van der Waals surface area contributed by atoms with Crippen molar-refractivity contribution >= 4 is 27.8 Å². The molecule has 0 radical (unpaired) electrons. The molecule has 0 aliphatic carbocycles. The molecule has 5 nitrogen and oxygen atoms in total. The SMILES string of the molecule is Cc1cc(Br)ccc1-n1nc(N2CCCCC2)nc1N. The van der Waals surface area contributed by atoms with Crippen LogP contribution in [0.3, 0.4) is 0 Å². The zero-order valence-electron chi connectivity index (χ0n) is 11.5. The smallest absolute Gasteiger partial charge is 0.246 e. The molecule has 0 unspecified atom stereocenters. The third-order valence-electron chi connectivity index (χ3n) is 3.65. The third kappa shape index (κ3) is 2.52. The number of nitrogens with two attached hydrogens (primary N) is 1. The zero-order valence-corrected chi connectivity index (χ0v) is 13.1. The van der Waals surface area contributed by atoms with Crippen LogP contribution in [0.25, 0.3) is 5.69 Å². The van der Waals surface area contributed by atoms with E-state index >= 15 is 0 Å². The summed E-state index contributed by atoms with van der Waals surface area (Å²) in [5.41, 5.74) is 8.12. The minimum atomic E-state index is 0.441. The number of nitrogens with zero attached hydrogens (tertiary/aromatic N) is 4. The summed E-state index contributed by atoms with van der Waals surface area (Å²) in [6, 6.07) is 6.05. The lowest BCUT2D eigenvalue weighted by atomic mass is 10.1. The summed E-state index contributed by atoms with van der Waals surface area (Å²) in [4.78, 5) is 6.63. The zero-order chi connectivity index (χ0) is 14.1. The second-order valence-corrected chi connectivity index (χ2v) is 6.08. The second-order valence-electron chi connectivity index (χ2n) is 5.16. The highest BCUT2D eigenvalue weighted by atomic mass is 79.9. The molecule has 0 bridgehead atoms. The molecular weight excluding hydrogens is 318 g/mol. The van der Waals surface area contributed by atoms with E-state index in [4.69, 9.17) is 5.73 Å². The predicted octanol–water partition coefficient (Wildman–Crippen LogP) is 2.91. The molecule has 3 rings (SSSR count). The maximum atomic E-state index is 6.04. The standard InChI is InChI=1S/C14H18BrN5/c1-10-9-11(15)5-6-12(10)20-13(16)17-14(18-20)19-7-3-2-4-8-19/h5-6,9H,2-4,7-8H2,1H3,(H2,16,17,18). The van der Waals surface area contributed by atoms with E-state index < -0.39 is 0 Å². The Morgan fingerprint density at radius 3 is 2.65 bits per heavy atom. The number of halogens is 1. The van der Waals surface area contributed by atoms with Gasteiger partial charge in [0.15, 0.2) is 0 Å². The summed E-state index contributed by atoms with van der Waals surface area (Å²) in [6.45, 7) is 4.08. The summed E-state index contributed by atoms with van der Waals surface area (Å²) in [6.07, 6.45) is 3.69. The van der Waals surface area contributed by atoms with Gasteiger partial charge in [-0.15, -0.1) is 5.10 Å². The summed E-state index contributed by atoms with van der Waals surface area (Å²) >= 11 is 3.47. The molecule has 1 aromatic carbocycles. The monoisotopic (exact) mass is 335 g/mol. The largest absolute Gasteiger partial charge is 0.368 e. The Bertz CT molecular complexity index is 616. The number of rotatable bonds is 2.